The van der Waals surface area contributed by atoms with Gasteiger partial charge in [0, 0.05) is 6.04 Å². The van der Waals surface area contributed by atoms with Crippen LogP contribution in [0.15, 0.2) is 0 Å². The predicted octanol–water partition coefficient (Wildman–Crippen LogP) is 6.03. The van der Waals surface area contributed by atoms with Gasteiger partial charge in [0.25, 0.3) is 0 Å². The fourth-order valence-electron chi connectivity index (χ4n) is 2.78. The van der Waals surface area contributed by atoms with Gasteiger partial charge in [-0.1, -0.05) is 78.1 Å². The Morgan fingerprint density at radius 2 is 1.30 bits per heavy atom. The standard InChI is InChI=1S/C18H39NS/c1-4-6-7-8-9-10-11-12-13-14-15-18(19-5-2)16-17-20-3/h18-19H,4-17H2,1-3H3. The maximum Gasteiger partial charge on any atom is 0.00748 e. The van der Waals surface area contributed by atoms with Crippen LogP contribution in [-0.2, 0) is 0 Å². The minimum absolute atomic E-state index is 0.765. The first kappa shape index (κ1) is 20.3. The summed E-state index contributed by atoms with van der Waals surface area (Å²) in [6, 6.07) is 0.765. The summed E-state index contributed by atoms with van der Waals surface area (Å²) in [5, 5.41) is 3.63. The second kappa shape index (κ2) is 17.4. The fourth-order valence-corrected chi connectivity index (χ4v) is 3.30. The minimum Gasteiger partial charge on any atom is -0.314 e. The smallest absolute Gasteiger partial charge is 0.00748 e. The number of thioether (sulfide) groups is 1. The monoisotopic (exact) mass is 301 g/mol. The highest BCUT2D eigenvalue weighted by molar-refractivity contribution is 7.98. The van der Waals surface area contributed by atoms with Gasteiger partial charge in [0.15, 0.2) is 0 Å². The van der Waals surface area contributed by atoms with Gasteiger partial charge in [0.05, 0.1) is 0 Å². The van der Waals surface area contributed by atoms with Crippen molar-refractivity contribution in [2.24, 2.45) is 0 Å². The van der Waals surface area contributed by atoms with E-state index in [2.05, 4.69) is 25.4 Å². The van der Waals surface area contributed by atoms with Gasteiger partial charge in [-0.3, -0.25) is 0 Å². The molecule has 0 aliphatic carbocycles. The predicted molar refractivity (Wildman–Crippen MR) is 96.9 cm³/mol. The van der Waals surface area contributed by atoms with Crippen molar-refractivity contribution in [2.45, 2.75) is 96.9 Å². The normalized spacial score (nSPS) is 12.8. The zero-order chi connectivity index (χ0) is 14.9. The number of hydrogen-bond donors (Lipinski definition) is 1. The molecular formula is C18H39NS. The van der Waals surface area contributed by atoms with E-state index >= 15 is 0 Å². The molecule has 0 aromatic rings. The summed E-state index contributed by atoms with van der Waals surface area (Å²) in [5.74, 6) is 1.30. The Morgan fingerprint density at radius 1 is 0.750 bits per heavy atom. The molecule has 0 amide bonds. The highest BCUT2D eigenvalue weighted by Gasteiger charge is 2.05. The Kier molecular flexibility index (Phi) is 17.6. The second-order valence-corrected chi connectivity index (χ2v) is 6.99. The van der Waals surface area contributed by atoms with Crippen molar-refractivity contribution in [1.29, 1.82) is 0 Å². The van der Waals surface area contributed by atoms with Crippen molar-refractivity contribution in [3.8, 4) is 0 Å². The van der Waals surface area contributed by atoms with Crippen LogP contribution < -0.4 is 5.32 Å². The zero-order valence-corrected chi connectivity index (χ0v) is 15.2. The number of nitrogens with one attached hydrogen (secondary N) is 1. The summed E-state index contributed by atoms with van der Waals surface area (Å²) in [7, 11) is 0. The Hall–Kier alpha value is 0.310. The highest BCUT2D eigenvalue weighted by Crippen LogP contribution is 2.13. The first-order valence-electron chi connectivity index (χ1n) is 9.07. The van der Waals surface area contributed by atoms with Crippen molar-refractivity contribution in [3.05, 3.63) is 0 Å². The molecule has 0 fully saturated rings. The third kappa shape index (κ3) is 14.7. The van der Waals surface area contributed by atoms with Crippen molar-refractivity contribution in [3.63, 3.8) is 0 Å². The van der Waals surface area contributed by atoms with Crippen LogP contribution in [0.5, 0.6) is 0 Å². The highest BCUT2D eigenvalue weighted by atomic mass is 32.2. The van der Waals surface area contributed by atoms with Gasteiger partial charge in [-0.2, -0.15) is 11.8 Å². The van der Waals surface area contributed by atoms with Crippen LogP contribution in [0.2, 0.25) is 0 Å². The maximum absolute atomic E-state index is 3.63. The van der Waals surface area contributed by atoms with Crippen molar-refractivity contribution >= 4 is 11.8 Å². The van der Waals surface area contributed by atoms with E-state index in [0.29, 0.717) is 0 Å². The summed E-state index contributed by atoms with van der Waals surface area (Å²) in [6.45, 7) is 5.64. The zero-order valence-electron chi connectivity index (χ0n) is 14.4. The third-order valence-corrected chi connectivity index (χ3v) is 4.71. The largest absolute Gasteiger partial charge is 0.314 e. The lowest BCUT2D eigenvalue weighted by molar-refractivity contribution is 0.452. The first-order valence-corrected chi connectivity index (χ1v) is 10.5. The molecule has 1 N–H and O–H groups in total. The summed E-state index contributed by atoms with van der Waals surface area (Å²) >= 11 is 1.97. The summed E-state index contributed by atoms with van der Waals surface area (Å²) in [5.41, 5.74) is 0. The van der Waals surface area contributed by atoms with E-state index in [-0.39, 0.29) is 0 Å². The molecule has 0 radical (unpaired) electrons. The summed E-state index contributed by atoms with van der Waals surface area (Å²) in [6.07, 6.45) is 19.4. The van der Waals surface area contributed by atoms with E-state index < -0.39 is 0 Å². The number of unbranched alkanes of at least 4 members (excludes halogenated alkanes) is 9. The molecule has 0 heterocycles. The Bertz CT molecular complexity index is 173. The third-order valence-electron chi connectivity index (χ3n) is 4.07. The first-order chi connectivity index (χ1) is 9.85. The molecule has 2 heteroatoms. The molecule has 1 nitrogen and oxygen atoms in total. The van der Waals surface area contributed by atoms with Gasteiger partial charge < -0.3 is 5.32 Å². The summed E-state index contributed by atoms with van der Waals surface area (Å²) in [4.78, 5) is 0. The van der Waals surface area contributed by atoms with E-state index in [9.17, 15) is 0 Å². The average Bonchev–Trinajstić information content (AvgIpc) is 2.46. The molecule has 0 aliphatic rings. The molecule has 1 unspecified atom stereocenters. The van der Waals surface area contributed by atoms with Gasteiger partial charge >= 0.3 is 0 Å². The van der Waals surface area contributed by atoms with Crippen LogP contribution in [0.1, 0.15) is 90.9 Å². The van der Waals surface area contributed by atoms with Gasteiger partial charge in [-0.25, -0.2) is 0 Å². The van der Waals surface area contributed by atoms with Crippen LogP contribution in [-0.4, -0.2) is 24.6 Å². The van der Waals surface area contributed by atoms with Crippen LogP contribution >= 0.6 is 11.8 Å². The molecule has 20 heavy (non-hydrogen) atoms. The van der Waals surface area contributed by atoms with Crippen LogP contribution in [0.25, 0.3) is 0 Å². The SMILES string of the molecule is CCCCCCCCCCCCC(CCSC)NCC. The van der Waals surface area contributed by atoms with Crippen LogP contribution in [0.3, 0.4) is 0 Å². The lowest BCUT2D eigenvalue weighted by Gasteiger charge is -2.17. The lowest BCUT2D eigenvalue weighted by Crippen LogP contribution is -2.29. The quantitative estimate of drug-likeness (QED) is 0.349. The van der Waals surface area contributed by atoms with Crippen molar-refractivity contribution in [1.82, 2.24) is 5.32 Å². The lowest BCUT2D eigenvalue weighted by atomic mass is 10.0. The Morgan fingerprint density at radius 3 is 1.80 bits per heavy atom. The van der Waals surface area contributed by atoms with Crippen molar-refractivity contribution < 1.29 is 0 Å². The topological polar surface area (TPSA) is 12.0 Å². The van der Waals surface area contributed by atoms with E-state index in [4.69, 9.17) is 0 Å². The molecule has 0 bridgehead atoms. The molecule has 0 saturated heterocycles. The molecule has 0 aliphatic heterocycles. The minimum atomic E-state index is 0.765. The Labute approximate surface area is 133 Å². The number of hydrogen-bond acceptors (Lipinski definition) is 2. The van der Waals surface area contributed by atoms with E-state index in [1.54, 1.807) is 0 Å². The van der Waals surface area contributed by atoms with Gasteiger partial charge in [-0.05, 0) is 31.4 Å². The molecular weight excluding hydrogens is 262 g/mol. The molecule has 0 aromatic heterocycles. The molecule has 0 aromatic carbocycles. The van der Waals surface area contributed by atoms with Gasteiger partial charge in [0.1, 0.15) is 0 Å². The fraction of sp³-hybridized carbons (Fsp3) is 1.00. The van der Waals surface area contributed by atoms with Gasteiger partial charge in [-0.15, -0.1) is 0 Å². The maximum atomic E-state index is 3.63. The van der Waals surface area contributed by atoms with E-state index in [1.807, 2.05) is 11.8 Å². The second-order valence-electron chi connectivity index (χ2n) is 6.01. The van der Waals surface area contributed by atoms with Crippen molar-refractivity contribution in [2.75, 3.05) is 18.6 Å². The molecule has 0 saturated carbocycles. The van der Waals surface area contributed by atoms with Crippen LogP contribution in [0.4, 0.5) is 0 Å². The van der Waals surface area contributed by atoms with Crippen LogP contribution in [0, 0.1) is 0 Å². The van der Waals surface area contributed by atoms with E-state index in [0.717, 1.165) is 12.6 Å². The molecule has 0 spiro atoms. The Balaban J connectivity index is 3.27. The van der Waals surface area contributed by atoms with E-state index in [1.165, 1.54) is 82.8 Å². The summed E-state index contributed by atoms with van der Waals surface area (Å²) < 4.78 is 0. The number of rotatable bonds is 16. The molecule has 122 valence electrons. The molecule has 0 rings (SSSR count). The average molecular weight is 302 g/mol. The molecule has 1 atom stereocenters. The van der Waals surface area contributed by atoms with Gasteiger partial charge in [0.2, 0.25) is 0 Å².